The van der Waals surface area contributed by atoms with E-state index in [1.807, 2.05) is 29.9 Å². The van der Waals surface area contributed by atoms with Gasteiger partial charge >= 0.3 is 0 Å². The predicted molar refractivity (Wildman–Crippen MR) is 115 cm³/mol. The van der Waals surface area contributed by atoms with Gasteiger partial charge in [0.25, 0.3) is 0 Å². The van der Waals surface area contributed by atoms with Crippen molar-refractivity contribution in [3.63, 3.8) is 0 Å². The van der Waals surface area contributed by atoms with Crippen LogP contribution in [0.25, 0.3) is 11.0 Å². The molecule has 0 saturated carbocycles. The molecule has 1 heterocycles. The lowest BCUT2D eigenvalue weighted by molar-refractivity contribution is 0.275. The van der Waals surface area contributed by atoms with Crippen LogP contribution in [0.2, 0.25) is 23.2 Å². The Morgan fingerprint density at radius 3 is 2.52 bits per heavy atom. The highest BCUT2D eigenvalue weighted by Gasteiger charge is 2.37. The van der Waals surface area contributed by atoms with E-state index in [0.717, 1.165) is 28.0 Å². The summed E-state index contributed by atoms with van der Waals surface area (Å²) in [5, 5.41) is 9.17. The number of fused-ring (bicyclic) bond motifs is 1. The van der Waals surface area contributed by atoms with Gasteiger partial charge in [0, 0.05) is 12.1 Å². The van der Waals surface area contributed by atoms with E-state index in [0.29, 0.717) is 6.61 Å². The molecule has 6 heteroatoms. The van der Waals surface area contributed by atoms with E-state index in [1.54, 1.807) is 0 Å². The third kappa shape index (κ3) is 4.42. The summed E-state index contributed by atoms with van der Waals surface area (Å²) in [5.41, 5.74) is 5.59. The molecule has 0 spiro atoms. The fourth-order valence-corrected chi connectivity index (χ4v) is 3.93. The summed E-state index contributed by atoms with van der Waals surface area (Å²) in [6.45, 7) is 11.9. The first-order chi connectivity index (χ1) is 12.6. The Morgan fingerprint density at radius 1 is 1.07 bits per heavy atom. The Labute approximate surface area is 167 Å². The summed E-state index contributed by atoms with van der Waals surface area (Å²) < 4.78 is 8.25. The number of halogens is 1. The Hall–Kier alpha value is -1.69. The number of nitrogens with zero attached hydrogens (tertiary/aromatic N) is 3. The molecule has 3 rings (SSSR count). The van der Waals surface area contributed by atoms with Crippen LogP contribution in [0.4, 0.5) is 0 Å². The molecule has 0 saturated heterocycles. The summed E-state index contributed by atoms with van der Waals surface area (Å²) in [6.07, 6.45) is 0.828. The van der Waals surface area contributed by atoms with Crippen LogP contribution in [0, 0.1) is 0 Å². The van der Waals surface area contributed by atoms with Crippen LogP contribution in [-0.2, 0) is 24.5 Å². The molecule has 4 nitrogen and oxygen atoms in total. The van der Waals surface area contributed by atoms with Gasteiger partial charge in [-0.15, -0.1) is 5.10 Å². The summed E-state index contributed by atoms with van der Waals surface area (Å²) >= 11 is 6.28. The zero-order chi connectivity index (χ0) is 19.8. The Kier molecular flexibility index (Phi) is 5.48. The lowest BCUT2D eigenvalue weighted by Gasteiger charge is -2.36. The standard InChI is InChI=1S/C21H28ClN3OSi/c1-21(2,3)27(5,6)26-14-17-13-18(22)9-8-16(17)11-15-7-10-19-20(12-15)25(4)24-23-19/h7-10,12-13H,11,14H2,1-6H3. The Balaban J connectivity index is 1.86. The van der Waals surface area contributed by atoms with Gasteiger partial charge in [0.2, 0.25) is 0 Å². The van der Waals surface area contributed by atoms with Crippen molar-refractivity contribution in [2.24, 2.45) is 7.05 Å². The van der Waals surface area contributed by atoms with Crippen LogP contribution in [0.3, 0.4) is 0 Å². The van der Waals surface area contributed by atoms with E-state index in [-0.39, 0.29) is 5.04 Å². The number of aryl methyl sites for hydroxylation is 1. The Bertz CT molecular complexity index is 960. The first-order valence-corrected chi connectivity index (χ1v) is 12.5. The van der Waals surface area contributed by atoms with Gasteiger partial charge < -0.3 is 4.43 Å². The zero-order valence-corrected chi connectivity index (χ0v) is 18.8. The first-order valence-electron chi connectivity index (χ1n) is 9.26. The second kappa shape index (κ2) is 7.38. The van der Waals surface area contributed by atoms with Crippen molar-refractivity contribution in [3.05, 3.63) is 58.1 Å². The van der Waals surface area contributed by atoms with Crippen LogP contribution in [0.5, 0.6) is 0 Å². The van der Waals surface area contributed by atoms with Crippen LogP contribution in [-0.4, -0.2) is 23.3 Å². The first kappa shape index (κ1) is 20.1. The maximum Gasteiger partial charge on any atom is 0.192 e. The molecular formula is C21H28ClN3OSi. The monoisotopic (exact) mass is 401 g/mol. The van der Waals surface area contributed by atoms with Gasteiger partial charge in [-0.2, -0.15) is 0 Å². The maximum atomic E-state index is 6.45. The number of rotatable bonds is 5. The molecule has 0 atom stereocenters. The van der Waals surface area contributed by atoms with Gasteiger partial charge in [-0.25, -0.2) is 4.68 Å². The van der Waals surface area contributed by atoms with Crippen molar-refractivity contribution >= 4 is 31.0 Å². The molecule has 144 valence electrons. The van der Waals surface area contributed by atoms with Crippen molar-refractivity contribution in [1.29, 1.82) is 0 Å². The molecule has 0 fully saturated rings. The minimum absolute atomic E-state index is 0.184. The molecule has 0 N–H and O–H groups in total. The molecule has 0 amide bonds. The summed E-state index contributed by atoms with van der Waals surface area (Å²) in [5.74, 6) is 0. The molecule has 0 aliphatic heterocycles. The SMILES string of the molecule is Cn1nnc2ccc(Cc3ccc(Cl)cc3CO[Si](C)(C)C(C)(C)C)cc21. The van der Waals surface area contributed by atoms with Gasteiger partial charge in [-0.3, -0.25) is 0 Å². The molecule has 0 aliphatic carbocycles. The summed E-state index contributed by atoms with van der Waals surface area (Å²) in [6, 6.07) is 12.4. The third-order valence-corrected chi connectivity index (χ3v) is 10.3. The second-order valence-electron chi connectivity index (χ2n) is 8.67. The summed E-state index contributed by atoms with van der Waals surface area (Å²) in [7, 11) is 0.0989. The lowest BCUT2D eigenvalue weighted by atomic mass is 10.00. The van der Waals surface area contributed by atoms with Gasteiger partial charge in [0.05, 0.1) is 12.1 Å². The lowest BCUT2D eigenvalue weighted by Crippen LogP contribution is -2.40. The van der Waals surface area contributed by atoms with E-state index < -0.39 is 8.32 Å². The van der Waals surface area contributed by atoms with Crippen molar-refractivity contribution < 1.29 is 4.43 Å². The molecule has 0 radical (unpaired) electrons. The number of aromatic nitrogens is 3. The number of benzene rings is 2. The fourth-order valence-electron chi connectivity index (χ4n) is 2.78. The topological polar surface area (TPSA) is 39.9 Å². The third-order valence-electron chi connectivity index (χ3n) is 5.63. The molecular weight excluding hydrogens is 374 g/mol. The highest BCUT2D eigenvalue weighted by Crippen LogP contribution is 2.37. The van der Waals surface area contributed by atoms with Gasteiger partial charge in [0.15, 0.2) is 8.32 Å². The summed E-state index contributed by atoms with van der Waals surface area (Å²) in [4.78, 5) is 0. The van der Waals surface area contributed by atoms with E-state index in [4.69, 9.17) is 16.0 Å². The molecule has 1 aromatic heterocycles. The van der Waals surface area contributed by atoms with E-state index in [1.165, 1.54) is 11.1 Å². The van der Waals surface area contributed by atoms with Crippen molar-refractivity contribution in [2.45, 2.75) is 51.9 Å². The maximum absolute atomic E-state index is 6.45. The molecule has 2 aromatic carbocycles. The van der Waals surface area contributed by atoms with Crippen molar-refractivity contribution in [3.8, 4) is 0 Å². The molecule has 3 aromatic rings. The smallest absolute Gasteiger partial charge is 0.192 e. The van der Waals surface area contributed by atoms with E-state index in [2.05, 4.69) is 62.4 Å². The number of hydrogen-bond donors (Lipinski definition) is 0. The minimum Gasteiger partial charge on any atom is -0.413 e. The average molecular weight is 402 g/mol. The Morgan fingerprint density at radius 2 is 1.81 bits per heavy atom. The fraction of sp³-hybridized carbons (Fsp3) is 0.429. The van der Waals surface area contributed by atoms with E-state index >= 15 is 0 Å². The highest BCUT2D eigenvalue weighted by atomic mass is 35.5. The molecule has 27 heavy (non-hydrogen) atoms. The largest absolute Gasteiger partial charge is 0.413 e. The zero-order valence-electron chi connectivity index (χ0n) is 17.0. The van der Waals surface area contributed by atoms with Crippen molar-refractivity contribution in [1.82, 2.24) is 15.0 Å². The molecule has 0 aliphatic rings. The normalized spacial score (nSPS) is 12.7. The van der Waals surface area contributed by atoms with Gasteiger partial charge in [-0.05, 0) is 65.5 Å². The van der Waals surface area contributed by atoms with E-state index in [9.17, 15) is 0 Å². The van der Waals surface area contributed by atoms with Crippen LogP contribution >= 0.6 is 11.6 Å². The van der Waals surface area contributed by atoms with Crippen LogP contribution < -0.4 is 0 Å². The molecule has 0 bridgehead atoms. The van der Waals surface area contributed by atoms with Gasteiger partial charge in [0.1, 0.15) is 5.52 Å². The average Bonchev–Trinajstić information content (AvgIpc) is 2.95. The number of hydrogen-bond acceptors (Lipinski definition) is 3. The van der Waals surface area contributed by atoms with Crippen LogP contribution in [0.1, 0.15) is 37.5 Å². The van der Waals surface area contributed by atoms with Crippen LogP contribution in [0.15, 0.2) is 36.4 Å². The van der Waals surface area contributed by atoms with Gasteiger partial charge in [-0.1, -0.05) is 49.7 Å². The highest BCUT2D eigenvalue weighted by molar-refractivity contribution is 6.74. The molecule has 0 unspecified atom stereocenters. The minimum atomic E-state index is -1.82. The predicted octanol–water partition coefficient (Wildman–Crippen LogP) is 5.73. The quantitative estimate of drug-likeness (QED) is 0.512. The second-order valence-corrected chi connectivity index (χ2v) is 13.9. The van der Waals surface area contributed by atoms with Crippen molar-refractivity contribution in [2.75, 3.05) is 0 Å².